The molecule has 1 aliphatic carbocycles. The summed E-state index contributed by atoms with van der Waals surface area (Å²) in [6.45, 7) is 6.11. The molecule has 1 aromatic carbocycles. The van der Waals surface area contributed by atoms with Crippen LogP contribution < -0.4 is 11.1 Å². The molecule has 11 nitrogen and oxygen atoms in total. The van der Waals surface area contributed by atoms with Crippen molar-refractivity contribution >= 4 is 34.7 Å². The number of aromatic nitrogens is 5. The molecule has 0 radical (unpaired) electrons. The number of amides is 2. The van der Waals surface area contributed by atoms with Gasteiger partial charge in [-0.25, -0.2) is 24.4 Å². The van der Waals surface area contributed by atoms with Crippen molar-refractivity contribution in [2.24, 2.45) is 5.92 Å². The molecule has 2 unspecified atom stereocenters. The Morgan fingerprint density at radius 1 is 1.02 bits per heavy atom. The van der Waals surface area contributed by atoms with Gasteiger partial charge in [-0.1, -0.05) is 12.1 Å². The molecule has 3 aromatic heterocycles. The van der Waals surface area contributed by atoms with Gasteiger partial charge in [0.05, 0.1) is 23.0 Å². The van der Waals surface area contributed by atoms with Crippen molar-refractivity contribution in [1.29, 1.82) is 0 Å². The predicted octanol–water partition coefficient (Wildman–Crippen LogP) is 5.31. The fraction of sp³-hybridized carbons (Fsp3) is 0.379. The number of likely N-dealkylation sites (tertiary alicyclic amines) is 1. The maximum Gasteiger partial charge on any atom is 0.419 e. The number of alkyl halides is 3. The third kappa shape index (κ3) is 5.32. The van der Waals surface area contributed by atoms with Gasteiger partial charge in [-0.3, -0.25) is 4.79 Å². The first-order valence-corrected chi connectivity index (χ1v) is 13.7. The van der Waals surface area contributed by atoms with Crippen LogP contribution in [0.4, 0.5) is 29.6 Å². The number of carbonyl (C=O) groups excluding carboxylic acids is 2. The number of nitrogens with zero attached hydrogens (tertiary/aromatic N) is 6. The van der Waals surface area contributed by atoms with Gasteiger partial charge in [-0.2, -0.15) is 18.3 Å². The van der Waals surface area contributed by atoms with Crippen LogP contribution in [0, 0.1) is 5.92 Å². The number of benzene rings is 1. The maximum absolute atomic E-state index is 13.3. The normalized spacial score (nSPS) is 20.0. The molecular formula is C29H29F3N8O3. The summed E-state index contributed by atoms with van der Waals surface area (Å²) in [5.74, 6) is -0.822. The van der Waals surface area contributed by atoms with E-state index in [9.17, 15) is 22.8 Å². The van der Waals surface area contributed by atoms with E-state index in [1.165, 1.54) is 24.7 Å². The Bertz CT molecular complexity index is 1710. The van der Waals surface area contributed by atoms with Crippen LogP contribution in [0.15, 0.2) is 48.9 Å². The number of ether oxygens (including phenoxy) is 1. The molecule has 1 saturated heterocycles. The fourth-order valence-electron chi connectivity index (χ4n) is 5.91. The summed E-state index contributed by atoms with van der Waals surface area (Å²) in [5.41, 5.74) is 6.34. The van der Waals surface area contributed by atoms with E-state index in [4.69, 9.17) is 15.6 Å². The average Bonchev–Trinajstić information content (AvgIpc) is 3.65. The molecule has 2 bridgehead atoms. The van der Waals surface area contributed by atoms with E-state index in [2.05, 4.69) is 20.3 Å². The van der Waals surface area contributed by atoms with Crippen molar-refractivity contribution in [3.8, 4) is 11.3 Å². The van der Waals surface area contributed by atoms with Crippen LogP contribution in [0.1, 0.15) is 55.6 Å². The zero-order valence-electron chi connectivity index (χ0n) is 23.6. The van der Waals surface area contributed by atoms with Gasteiger partial charge in [-0.15, -0.1) is 0 Å². The monoisotopic (exact) mass is 594 g/mol. The van der Waals surface area contributed by atoms with Gasteiger partial charge in [0.15, 0.2) is 5.65 Å². The van der Waals surface area contributed by atoms with Crippen molar-refractivity contribution in [3.05, 3.63) is 60.0 Å². The maximum atomic E-state index is 13.3. The highest BCUT2D eigenvalue weighted by atomic mass is 19.4. The minimum atomic E-state index is -4.68. The van der Waals surface area contributed by atoms with Crippen molar-refractivity contribution in [2.75, 3.05) is 17.6 Å². The topological polar surface area (TPSA) is 141 Å². The van der Waals surface area contributed by atoms with E-state index in [-0.39, 0.29) is 29.6 Å². The summed E-state index contributed by atoms with van der Waals surface area (Å²) >= 11 is 0. The zero-order chi connectivity index (χ0) is 30.7. The molecule has 2 aliphatic rings. The highest BCUT2D eigenvalue weighted by Crippen LogP contribution is 2.46. The average molecular weight is 595 g/mol. The Morgan fingerprint density at radius 3 is 2.42 bits per heavy atom. The molecule has 43 heavy (non-hydrogen) atoms. The number of nitrogen functional groups attached to an aromatic ring is 1. The molecule has 0 spiro atoms. The Morgan fingerprint density at radius 2 is 1.74 bits per heavy atom. The quantitative estimate of drug-likeness (QED) is 0.324. The molecule has 1 aliphatic heterocycles. The van der Waals surface area contributed by atoms with Gasteiger partial charge in [0, 0.05) is 23.9 Å². The highest BCUT2D eigenvalue weighted by Gasteiger charge is 2.50. The molecule has 6 rings (SSSR count). The standard InChI is InChI=1S/C29H29F3N8O3/c1-28(2,3)43-27(42)39-13-15-11-19(39)20(12-15)40-25-21(23(33)35-14-36-25)22(38-40)16-6-8-17(9-7-16)26(41)37-24-18(29(30,31)32)5-4-10-34-24/h4-10,14-15,19-20H,11-13H2,1-3H3,(H2,33,35,36)(H,34,37,41)/t15-,19?,20?/m1/s1. The number of halogens is 3. The van der Waals surface area contributed by atoms with Crippen LogP contribution in [0.25, 0.3) is 22.3 Å². The zero-order valence-corrected chi connectivity index (χ0v) is 23.6. The number of nitrogens with one attached hydrogen (secondary N) is 1. The second-order valence-electron chi connectivity index (χ2n) is 11.8. The molecule has 3 atom stereocenters. The van der Waals surface area contributed by atoms with Crippen molar-refractivity contribution in [3.63, 3.8) is 0 Å². The number of fused-ring (bicyclic) bond motifs is 3. The van der Waals surface area contributed by atoms with Crippen LogP contribution in [-0.4, -0.2) is 59.8 Å². The number of pyridine rings is 1. The number of hydrogen-bond acceptors (Lipinski definition) is 8. The Hall–Kier alpha value is -4.75. The first kappa shape index (κ1) is 28.4. The van der Waals surface area contributed by atoms with Gasteiger partial charge >= 0.3 is 12.3 Å². The summed E-state index contributed by atoms with van der Waals surface area (Å²) in [4.78, 5) is 39.9. The molecular weight excluding hydrogens is 565 g/mol. The number of rotatable bonds is 4. The third-order valence-electron chi connectivity index (χ3n) is 7.67. The van der Waals surface area contributed by atoms with E-state index >= 15 is 0 Å². The van der Waals surface area contributed by atoms with Crippen LogP contribution in [-0.2, 0) is 10.9 Å². The molecule has 4 aromatic rings. The van der Waals surface area contributed by atoms with Crippen molar-refractivity contribution < 1.29 is 27.5 Å². The van der Waals surface area contributed by atoms with Gasteiger partial charge in [0.1, 0.15) is 29.3 Å². The number of piperidine rings is 1. The van der Waals surface area contributed by atoms with Gasteiger partial charge in [-0.05, 0) is 63.8 Å². The molecule has 3 N–H and O–H groups in total. The lowest BCUT2D eigenvalue weighted by Gasteiger charge is -2.34. The van der Waals surface area contributed by atoms with Crippen molar-refractivity contribution in [2.45, 2.75) is 57.5 Å². The smallest absolute Gasteiger partial charge is 0.419 e. The van der Waals surface area contributed by atoms with E-state index in [1.54, 1.807) is 21.7 Å². The number of nitrogens with two attached hydrogens (primary N) is 1. The number of anilines is 2. The number of carbonyl (C=O) groups is 2. The SMILES string of the molecule is CC(C)(C)OC(=O)N1C[C@@H]2CC1C(n1nc(-c3ccc(C(=O)Nc4ncccc4C(F)(F)F)cc3)c3c(N)ncnc31)C2. The van der Waals surface area contributed by atoms with Crippen LogP contribution in [0.5, 0.6) is 0 Å². The van der Waals surface area contributed by atoms with Crippen molar-refractivity contribution in [1.82, 2.24) is 29.6 Å². The second-order valence-corrected chi connectivity index (χ2v) is 11.8. The molecule has 4 heterocycles. The predicted molar refractivity (Wildman–Crippen MR) is 151 cm³/mol. The lowest BCUT2D eigenvalue weighted by molar-refractivity contribution is -0.137. The van der Waals surface area contributed by atoms with Crippen LogP contribution in [0.3, 0.4) is 0 Å². The molecule has 224 valence electrons. The highest BCUT2D eigenvalue weighted by molar-refractivity contribution is 6.05. The first-order valence-electron chi connectivity index (χ1n) is 13.7. The minimum Gasteiger partial charge on any atom is -0.444 e. The van der Waals surface area contributed by atoms with Crippen LogP contribution >= 0.6 is 0 Å². The Balaban J connectivity index is 1.30. The lowest BCUT2D eigenvalue weighted by atomic mass is 10.1. The molecule has 2 fully saturated rings. The largest absolute Gasteiger partial charge is 0.444 e. The summed E-state index contributed by atoms with van der Waals surface area (Å²) < 4.78 is 47.5. The Labute approximate surface area is 244 Å². The van der Waals surface area contributed by atoms with Crippen LogP contribution in [0.2, 0.25) is 0 Å². The summed E-state index contributed by atoms with van der Waals surface area (Å²) in [6.07, 6.45) is -0.888. The van der Waals surface area contributed by atoms with Gasteiger partial charge in [0.25, 0.3) is 5.91 Å². The summed E-state index contributed by atoms with van der Waals surface area (Å²) in [5, 5.41) is 7.66. The fourth-order valence-corrected chi connectivity index (χ4v) is 5.91. The second kappa shape index (κ2) is 10.2. The van der Waals surface area contributed by atoms with E-state index in [1.807, 2.05) is 20.8 Å². The molecule has 2 amide bonds. The van der Waals surface area contributed by atoms with E-state index < -0.39 is 29.1 Å². The first-order chi connectivity index (χ1) is 20.3. The van der Waals surface area contributed by atoms with E-state index in [0.29, 0.717) is 34.8 Å². The van der Waals surface area contributed by atoms with E-state index in [0.717, 1.165) is 25.0 Å². The van der Waals surface area contributed by atoms with Gasteiger partial charge in [0.2, 0.25) is 0 Å². The molecule has 14 heteroatoms. The summed E-state index contributed by atoms with van der Waals surface area (Å²) in [6, 6.07) is 7.92. The number of hydrogen-bond donors (Lipinski definition) is 2. The minimum absolute atomic E-state index is 0.122. The lowest BCUT2D eigenvalue weighted by Crippen LogP contribution is -2.45. The van der Waals surface area contributed by atoms with Gasteiger partial charge < -0.3 is 20.7 Å². The third-order valence-corrected chi connectivity index (χ3v) is 7.67. The molecule has 1 saturated carbocycles. The Kier molecular flexibility index (Phi) is 6.74. The summed E-state index contributed by atoms with van der Waals surface area (Å²) in [7, 11) is 0.